The summed E-state index contributed by atoms with van der Waals surface area (Å²) in [5.74, 6) is 1.25. The molecule has 1 fully saturated rings. The Morgan fingerprint density at radius 2 is 2.28 bits per heavy atom. The fourth-order valence-electron chi connectivity index (χ4n) is 2.60. The maximum Gasteiger partial charge on any atom is 0.154 e. The van der Waals surface area contributed by atoms with Crippen LogP contribution < -0.4 is 4.90 Å². The third kappa shape index (κ3) is 1.84. The zero-order chi connectivity index (χ0) is 12.7. The van der Waals surface area contributed by atoms with Crippen molar-refractivity contribution < 1.29 is 5.11 Å². The predicted molar refractivity (Wildman–Crippen MR) is 69.7 cm³/mol. The summed E-state index contributed by atoms with van der Waals surface area (Å²) >= 11 is 0. The SMILES string of the molecule is Cc1cc2c(N3CCC(O)C(C)C3)nccn2n1. The van der Waals surface area contributed by atoms with Crippen LogP contribution in [0.2, 0.25) is 0 Å². The molecule has 0 spiro atoms. The molecule has 1 N–H and O–H groups in total. The summed E-state index contributed by atoms with van der Waals surface area (Å²) in [6.07, 6.45) is 4.27. The molecule has 0 saturated carbocycles. The Balaban J connectivity index is 1.99. The van der Waals surface area contributed by atoms with E-state index in [0.717, 1.165) is 36.5 Å². The van der Waals surface area contributed by atoms with Crippen molar-refractivity contribution in [3.63, 3.8) is 0 Å². The molecule has 5 heteroatoms. The van der Waals surface area contributed by atoms with Gasteiger partial charge in [-0.2, -0.15) is 5.10 Å². The maximum atomic E-state index is 9.80. The molecule has 18 heavy (non-hydrogen) atoms. The molecule has 2 atom stereocenters. The van der Waals surface area contributed by atoms with Gasteiger partial charge in [0.1, 0.15) is 5.52 Å². The smallest absolute Gasteiger partial charge is 0.154 e. The van der Waals surface area contributed by atoms with Crippen LogP contribution in [0.25, 0.3) is 5.52 Å². The molecule has 0 radical (unpaired) electrons. The Bertz CT molecular complexity index is 565. The van der Waals surface area contributed by atoms with Crippen molar-refractivity contribution in [2.24, 2.45) is 5.92 Å². The average Bonchev–Trinajstić information content (AvgIpc) is 2.72. The Labute approximate surface area is 106 Å². The van der Waals surface area contributed by atoms with Gasteiger partial charge in [0.15, 0.2) is 5.82 Å². The van der Waals surface area contributed by atoms with E-state index in [1.165, 1.54) is 0 Å². The lowest BCUT2D eigenvalue weighted by atomic mass is 9.97. The molecule has 1 aliphatic rings. The van der Waals surface area contributed by atoms with Crippen molar-refractivity contribution >= 4 is 11.3 Å². The van der Waals surface area contributed by atoms with Crippen LogP contribution >= 0.6 is 0 Å². The summed E-state index contributed by atoms with van der Waals surface area (Å²) < 4.78 is 1.87. The first-order valence-electron chi connectivity index (χ1n) is 6.39. The number of hydrogen-bond acceptors (Lipinski definition) is 4. The zero-order valence-electron chi connectivity index (χ0n) is 10.7. The number of rotatable bonds is 1. The number of aliphatic hydroxyl groups is 1. The van der Waals surface area contributed by atoms with Gasteiger partial charge >= 0.3 is 0 Å². The molecule has 3 rings (SSSR count). The molecule has 2 aromatic rings. The van der Waals surface area contributed by atoms with Gasteiger partial charge in [-0.25, -0.2) is 9.50 Å². The van der Waals surface area contributed by atoms with Crippen LogP contribution in [0, 0.1) is 12.8 Å². The Morgan fingerprint density at radius 3 is 3.06 bits per heavy atom. The second-order valence-corrected chi connectivity index (χ2v) is 5.15. The topological polar surface area (TPSA) is 53.7 Å². The van der Waals surface area contributed by atoms with Gasteiger partial charge in [0, 0.05) is 25.5 Å². The third-order valence-electron chi connectivity index (χ3n) is 3.65. The fourth-order valence-corrected chi connectivity index (χ4v) is 2.60. The standard InChI is InChI=1S/C13H18N4O/c1-9-8-16(5-3-12(9)18)13-11-7-10(2)15-17(11)6-4-14-13/h4,6-7,9,12,18H,3,5,8H2,1-2H3. The molecule has 1 aliphatic heterocycles. The molecule has 2 unspecified atom stereocenters. The van der Waals surface area contributed by atoms with E-state index >= 15 is 0 Å². The molecule has 5 nitrogen and oxygen atoms in total. The van der Waals surface area contributed by atoms with Crippen LogP contribution in [-0.4, -0.2) is 38.9 Å². The average molecular weight is 246 g/mol. The van der Waals surface area contributed by atoms with Crippen molar-refractivity contribution in [2.45, 2.75) is 26.4 Å². The van der Waals surface area contributed by atoms with Gasteiger partial charge in [-0.05, 0) is 25.3 Å². The van der Waals surface area contributed by atoms with Crippen LogP contribution in [-0.2, 0) is 0 Å². The van der Waals surface area contributed by atoms with Crippen LogP contribution in [0.1, 0.15) is 19.0 Å². The van der Waals surface area contributed by atoms with E-state index in [1.807, 2.05) is 17.6 Å². The molecule has 0 amide bonds. The lowest BCUT2D eigenvalue weighted by Crippen LogP contribution is -2.42. The maximum absolute atomic E-state index is 9.80. The Kier molecular flexibility index (Phi) is 2.70. The molecular weight excluding hydrogens is 228 g/mol. The number of hydrogen-bond donors (Lipinski definition) is 1. The van der Waals surface area contributed by atoms with Crippen LogP contribution in [0.4, 0.5) is 5.82 Å². The van der Waals surface area contributed by atoms with E-state index in [2.05, 4.69) is 28.0 Å². The molecule has 0 bridgehead atoms. The highest BCUT2D eigenvalue weighted by atomic mass is 16.3. The first kappa shape index (κ1) is 11.5. The van der Waals surface area contributed by atoms with Crippen LogP contribution in [0.15, 0.2) is 18.5 Å². The molecular formula is C13H18N4O. The molecule has 3 heterocycles. The number of aliphatic hydroxyl groups excluding tert-OH is 1. The van der Waals surface area contributed by atoms with Gasteiger partial charge in [0.05, 0.1) is 11.8 Å². The van der Waals surface area contributed by atoms with E-state index in [-0.39, 0.29) is 12.0 Å². The zero-order valence-corrected chi connectivity index (χ0v) is 10.7. The van der Waals surface area contributed by atoms with Gasteiger partial charge < -0.3 is 10.0 Å². The second kappa shape index (κ2) is 4.24. The highest BCUT2D eigenvalue weighted by molar-refractivity contribution is 5.69. The van der Waals surface area contributed by atoms with E-state index in [4.69, 9.17) is 0 Å². The summed E-state index contributed by atoms with van der Waals surface area (Å²) in [5.41, 5.74) is 2.04. The van der Waals surface area contributed by atoms with Gasteiger partial charge in [-0.3, -0.25) is 0 Å². The van der Waals surface area contributed by atoms with Gasteiger partial charge in [0.2, 0.25) is 0 Å². The highest BCUT2D eigenvalue weighted by Gasteiger charge is 2.26. The van der Waals surface area contributed by atoms with Crippen molar-refractivity contribution in [3.05, 3.63) is 24.2 Å². The van der Waals surface area contributed by atoms with E-state index in [0.29, 0.717) is 0 Å². The van der Waals surface area contributed by atoms with E-state index in [1.54, 1.807) is 6.20 Å². The van der Waals surface area contributed by atoms with E-state index in [9.17, 15) is 5.11 Å². The van der Waals surface area contributed by atoms with Crippen LogP contribution in [0.5, 0.6) is 0 Å². The summed E-state index contributed by atoms with van der Waals surface area (Å²) in [6.45, 7) is 5.76. The fraction of sp³-hybridized carbons (Fsp3) is 0.538. The molecule has 96 valence electrons. The number of nitrogens with zero attached hydrogens (tertiary/aromatic N) is 4. The number of piperidine rings is 1. The monoisotopic (exact) mass is 246 g/mol. The van der Waals surface area contributed by atoms with Crippen molar-refractivity contribution in [1.29, 1.82) is 0 Å². The Hall–Kier alpha value is -1.62. The summed E-state index contributed by atoms with van der Waals surface area (Å²) in [7, 11) is 0. The van der Waals surface area contributed by atoms with Crippen LogP contribution in [0.3, 0.4) is 0 Å². The lowest BCUT2D eigenvalue weighted by Gasteiger charge is -2.35. The molecule has 0 aromatic carbocycles. The quantitative estimate of drug-likeness (QED) is 0.822. The first-order chi connectivity index (χ1) is 8.65. The minimum Gasteiger partial charge on any atom is -0.393 e. The van der Waals surface area contributed by atoms with E-state index < -0.39 is 0 Å². The highest BCUT2D eigenvalue weighted by Crippen LogP contribution is 2.25. The summed E-state index contributed by atoms with van der Waals surface area (Å²) in [6, 6.07) is 2.05. The van der Waals surface area contributed by atoms with Gasteiger partial charge in [0.25, 0.3) is 0 Å². The predicted octanol–water partition coefficient (Wildman–Crippen LogP) is 1.24. The van der Waals surface area contributed by atoms with Gasteiger partial charge in [-0.1, -0.05) is 6.92 Å². The third-order valence-corrected chi connectivity index (χ3v) is 3.65. The second-order valence-electron chi connectivity index (χ2n) is 5.15. The summed E-state index contributed by atoms with van der Waals surface area (Å²) in [5, 5.41) is 14.2. The molecule has 2 aromatic heterocycles. The first-order valence-corrected chi connectivity index (χ1v) is 6.39. The molecule has 1 saturated heterocycles. The Morgan fingerprint density at radius 1 is 1.44 bits per heavy atom. The minimum atomic E-state index is -0.187. The molecule has 0 aliphatic carbocycles. The number of aromatic nitrogens is 3. The van der Waals surface area contributed by atoms with Crippen molar-refractivity contribution in [3.8, 4) is 0 Å². The number of aryl methyl sites for hydroxylation is 1. The largest absolute Gasteiger partial charge is 0.393 e. The minimum absolute atomic E-state index is 0.187. The lowest BCUT2D eigenvalue weighted by molar-refractivity contribution is 0.0969. The van der Waals surface area contributed by atoms with Crippen molar-refractivity contribution in [2.75, 3.05) is 18.0 Å². The van der Waals surface area contributed by atoms with Crippen molar-refractivity contribution in [1.82, 2.24) is 14.6 Å². The number of fused-ring (bicyclic) bond motifs is 1. The number of anilines is 1. The normalized spacial score (nSPS) is 24.7. The summed E-state index contributed by atoms with van der Waals surface area (Å²) in [4.78, 5) is 6.73. The van der Waals surface area contributed by atoms with Gasteiger partial charge in [-0.15, -0.1) is 0 Å².